The quantitative estimate of drug-likeness (QED) is 0.728. The van der Waals surface area contributed by atoms with Crippen molar-refractivity contribution in [2.45, 2.75) is 38.9 Å². The third-order valence-corrected chi connectivity index (χ3v) is 3.65. The minimum absolute atomic E-state index is 0.579. The summed E-state index contributed by atoms with van der Waals surface area (Å²) in [6, 6.07) is 5.48. The van der Waals surface area contributed by atoms with E-state index in [2.05, 4.69) is 17.9 Å². The van der Waals surface area contributed by atoms with Crippen LogP contribution in [0.15, 0.2) is 35.9 Å². The molecule has 0 radical (unpaired) electrons. The molecular formula is C16H20F3N. The van der Waals surface area contributed by atoms with Gasteiger partial charge in [0.1, 0.15) is 0 Å². The Kier molecular flexibility index (Phi) is 4.86. The monoisotopic (exact) mass is 283 g/mol. The predicted octanol–water partition coefficient (Wildman–Crippen LogP) is 4.64. The fraction of sp³-hybridized carbons (Fsp3) is 0.500. The summed E-state index contributed by atoms with van der Waals surface area (Å²) < 4.78 is 37.4. The highest BCUT2D eigenvalue weighted by atomic mass is 19.4. The van der Waals surface area contributed by atoms with E-state index in [0.29, 0.717) is 6.54 Å². The fourth-order valence-corrected chi connectivity index (χ4v) is 2.50. The summed E-state index contributed by atoms with van der Waals surface area (Å²) in [7, 11) is 0. The number of alkyl halides is 3. The summed E-state index contributed by atoms with van der Waals surface area (Å²) in [6.07, 6.45) is 1.42. The molecular weight excluding hydrogens is 263 g/mol. The van der Waals surface area contributed by atoms with E-state index in [-0.39, 0.29) is 0 Å². The van der Waals surface area contributed by atoms with Crippen molar-refractivity contribution in [3.05, 3.63) is 47.0 Å². The second-order valence-corrected chi connectivity index (χ2v) is 5.29. The maximum Gasteiger partial charge on any atom is 0.416 e. The van der Waals surface area contributed by atoms with Gasteiger partial charge >= 0.3 is 6.18 Å². The van der Waals surface area contributed by atoms with Crippen LogP contribution in [0.4, 0.5) is 13.2 Å². The van der Waals surface area contributed by atoms with Crippen LogP contribution in [0.3, 0.4) is 0 Å². The van der Waals surface area contributed by atoms with Gasteiger partial charge in [-0.25, -0.2) is 0 Å². The molecule has 1 aromatic rings. The fourth-order valence-electron chi connectivity index (χ4n) is 2.50. The molecule has 110 valence electrons. The summed E-state index contributed by atoms with van der Waals surface area (Å²) >= 11 is 0. The Morgan fingerprint density at radius 2 is 1.85 bits per heavy atom. The minimum Gasteiger partial charge on any atom is -0.295 e. The van der Waals surface area contributed by atoms with Gasteiger partial charge in [0, 0.05) is 19.6 Å². The van der Waals surface area contributed by atoms with Crippen molar-refractivity contribution in [3.63, 3.8) is 0 Å². The second kappa shape index (κ2) is 6.44. The minimum atomic E-state index is -4.25. The summed E-state index contributed by atoms with van der Waals surface area (Å²) in [5, 5.41) is 0. The highest BCUT2D eigenvalue weighted by Crippen LogP contribution is 2.29. The highest BCUT2D eigenvalue weighted by molar-refractivity contribution is 5.24. The molecule has 0 fully saturated rings. The number of benzene rings is 1. The van der Waals surface area contributed by atoms with Crippen LogP contribution in [0.1, 0.15) is 37.3 Å². The highest BCUT2D eigenvalue weighted by Gasteiger charge is 2.29. The van der Waals surface area contributed by atoms with Crippen LogP contribution in [0.5, 0.6) is 0 Å². The van der Waals surface area contributed by atoms with Crippen molar-refractivity contribution in [2.24, 2.45) is 0 Å². The molecule has 0 atom stereocenters. The lowest BCUT2D eigenvalue weighted by Crippen LogP contribution is -2.28. The van der Waals surface area contributed by atoms with Gasteiger partial charge in [0.15, 0.2) is 0 Å². The van der Waals surface area contributed by atoms with Crippen molar-refractivity contribution in [3.8, 4) is 0 Å². The normalized spacial score (nSPS) is 17.1. The maximum absolute atomic E-state index is 12.5. The average Bonchev–Trinajstić information content (AvgIpc) is 2.41. The zero-order valence-corrected chi connectivity index (χ0v) is 11.7. The van der Waals surface area contributed by atoms with Gasteiger partial charge in [0.05, 0.1) is 5.56 Å². The molecule has 0 N–H and O–H groups in total. The molecule has 0 aromatic heterocycles. The molecule has 0 amide bonds. The lowest BCUT2D eigenvalue weighted by atomic mass is 10.0. The molecule has 0 saturated heterocycles. The largest absolute Gasteiger partial charge is 0.416 e. The molecule has 0 spiro atoms. The molecule has 1 aromatic carbocycles. The molecule has 2 rings (SSSR count). The summed E-state index contributed by atoms with van der Waals surface area (Å²) in [6.45, 7) is 4.78. The molecule has 1 heterocycles. The summed E-state index contributed by atoms with van der Waals surface area (Å²) in [5.74, 6) is 0. The van der Waals surface area contributed by atoms with Crippen LogP contribution in [0.2, 0.25) is 0 Å². The topological polar surface area (TPSA) is 3.24 Å². The molecule has 0 aliphatic carbocycles. The zero-order valence-electron chi connectivity index (χ0n) is 11.7. The van der Waals surface area contributed by atoms with Crippen LogP contribution in [0.25, 0.3) is 0 Å². The van der Waals surface area contributed by atoms with E-state index in [9.17, 15) is 13.2 Å². The van der Waals surface area contributed by atoms with E-state index in [1.165, 1.54) is 12.0 Å². The van der Waals surface area contributed by atoms with Gasteiger partial charge in [-0.05, 0) is 30.5 Å². The maximum atomic E-state index is 12.5. The van der Waals surface area contributed by atoms with Crippen molar-refractivity contribution < 1.29 is 13.2 Å². The predicted molar refractivity (Wildman–Crippen MR) is 74.3 cm³/mol. The van der Waals surface area contributed by atoms with Crippen LogP contribution in [0, 0.1) is 0 Å². The van der Waals surface area contributed by atoms with Gasteiger partial charge < -0.3 is 0 Å². The molecule has 4 heteroatoms. The van der Waals surface area contributed by atoms with Gasteiger partial charge in [-0.15, -0.1) is 0 Å². The average molecular weight is 283 g/mol. The number of hydrogen-bond donors (Lipinski definition) is 0. The van der Waals surface area contributed by atoms with Gasteiger partial charge in [0.2, 0.25) is 0 Å². The van der Waals surface area contributed by atoms with Crippen LogP contribution < -0.4 is 0 Å². The lowest BCUT2D eigenvalue weighted by Gasteiger charge is -2.26. The van der Waals surface area contributed by atoms with Gasteiger partial charge in [-0.1, -0.05) is 37.1 Å². The first-order valence-electron chi connectivity index (χ1n) is 7.05. The Hall–Kier alpha value is -1.29. The number of halogens is 3. The molecule has 0 bridgehead atoms. The summed E-state index contributed by atoms with van der Waals surface area (Å²) in [5.41, 5.74) is 1.87. The third kappa shape index (κ3) is 4.10. The van der Waals surface area contributed by atoms with Gasteiger partial charge in [0.25, 0.3) is 0 Å². The van der Waals surface area contributed by atoms with E-state index >= 15 is 0 Å². The second-order valence-electron chi connectivity index (χ2n) is 5.29. The molecule has 1 aliphatic rings. The molecule has 0 saturated carbocycles. The Morgan fingerprint density at radius 3 is 2.35 bits per heavy atom. The zero-order chi connectivity index (χ0) is 14.6. The van der Waals surface area contributed by atoms with Crippen molar-refractivity contribution in [2.75, 3.05) is 13.1 Å². The van der Waals surface area contributed by atoms with E-state index in [0.717, 1.165) is 43.6 Å². The molecule has 1 nitrogen and oxygen atoms in total. The van der Waals surface area contributed by atoms with Crippen LogP contribution in [-0.2, 0) is 12.7 Å². The Bertz CT molecular complexity index is 460. The Labute approximate surface area is 118 Å². The van der Waals surface area contributed by atoms with Crippen LogP contribution >= 0.6 is 0 Å². The third-order valence-electron chi connectivity index (χ3n) is 3.65. The number of hydrogen-bond acceptors (Lipinski definition) is 1. The van der Waals surface area contributed by atoms with Crippen LogP contribution in [-0.4, -0.2) is 18.0 Å². The van der Waals surface area contributed by atoms with Crippen molar-refractivity contribution >= 4 is 0 Å². The lowest BCUT2D eigenvalue weighted by molar-refractivity contribution is -0.137. The van der Waals surface area contributed by atoms with E-state index in [1.807, 2.05) is 0 Å². The van der Waals surface area contributed by atoms with E-state index in [4.69, 9.17) is 0 Å². The first-order chi connectivity index (χ1) is 9.49. The number of rotatable bonds is 4. The molecule has 0 unspecified atom stereocenters. The molecule has 20 heavy (non-hydrogen) atoms. The molecule has 1 aliphatic heterocycles. The van der Waals surface area contributed by atoms with Crippen molar-refractivity contribution in [1.29, 1.82) is 0 Å². The summed E-state index contributed by atoms with van der Waals surface area (Å²) in [4.78, 5) is 2.27. The van der Waals surface area contributed by atoms with Crippen molar-refractivity contribution in [1.82, 2.24) is 4.90 Å². The van der Waals surface area contributed by atoms with E-state index < -0.39 is 11.7 Å². The first kappa shape index (κ1) is 15.1. The Balaban J connectivity index is 1.92. The Morgan fingerprint density at radius 1 is 1.15 bits per heavy atom. The van der Waals surface area contributed by atoms with Gasteiger partial charge in [-0.2, -0.15) is 13.2 Å². The first-order valence-corrected chi connectivity index (χ1v) is 7.05. The number of nitrogens with zero attached hydrogens (tertiary/aromatic N) is 1. The smallest absolute Gasteiger partial charge is 0.295 e. The van der Waals surface area contributed by atoms with Gasteiger partial charge in [-0.3, -0.25) is 4.90 Å². The van der Waals surface area contributed by atoms with E-state index in [1.54, 1.807) is 12.1 Å². The standard InChI is InChI=1S/C16H20F3N/c1-2-3-13-8-10-20(11-9-13)12-14-4-6-15(7-5-14)16(17,18)19/h4-8H,2-3,9-12H2,1H3. The SMILES string of the molecule is CCCC1=CCN(Cc2ccc(C(F)(F)F)cc2)CC1.